The first-order valence-electron chi connectivity index (χ1n) is 15.5. The third kappa shape index (κ3) is 5.73. The Bertz CT molecular complexity index is 1880. The fourth-order valence-electron chi connectivity index (χ4n) is 6.14. The molecule has 45 heavy (non-hydrogen) atoms. The van der Waals surface area contributed by atoms with Crippen LogP contribution in [0.15, 0.2) is 159 Å². The quantitative estimate of drug-likeness (QED) is 0.172. The van der Waals surface area contributed by atoms with Gasteiger partial charge in [-0.2, -0.15) is 0 Å². The molecule has 0 amide bonds. The molecule has 0 radical (unpaired) electrons. The molecule has 0 saturated heterocycles. The fourth-order valence-corrected chi connectivity index (χ4v) is 6.14. The summed E-state index contributed by atoms with van der Waals surface area (Å²) in [5, 5.41) is 2.50. The van der Waals surface area contributed by atoms with Crippen molar-refractivity contribution >= 4 is 55.9 Å². The van der Waals surface area contributed by atoms with Crippen molar-refractivity contribution in [3.05, 3.63) is 170 Å². The minimum atomic E-state index is 0.902. The van der Waals surface area contributed by atoms with E-state index in [1.807, 2.05) is 0 Å². The Labute approximate surface area is 266 Å². The summed E-state index contributed by atoms with van der Waals surface area (Å²) < 4.78 is 2.43. The van der Waals surface area contributed by atoms with Crippen molar-refractivity contribution in [2.45, 2.75) is 27.3 Å². The topological polar surface area (TPSA) is 11.4 Å². The lowest BCUT2D eigenvalue weighted by Gasteiger charge is -2.26. The third-order valence-electron chi connectivity index (χ3n) is 8.28. The normalized spacial score (nSPS) is 10.8. The van der Waals surface area contributed by atoms with Crippen molar-refractivity contribution in [2.75, 3.05) is 9.80 Å². The molecule has 0 N–H and O–H groups in total. The predicted molar refractivity (Wildman–Crippen MR) is 195 cm³/mol. The number of aromatic nitrogens is 1. The lowest BCUT2D eigenvalue weighted by molar-refractivity contribution is 0.827. The van der Waals surface area contributed by atoms with Crippen LogP contribution in [0.25, 0.3) is 21.8 Å². The number of hydrogen-bond acceptors (Lipinski definition) is 2. The zero-order chi connectivity index (χ0) is 31.3. The number of rotatable bonds is 7. The molecule has 0 aliphatic heterocycles. The van der Waals surface area contributed by atoms with Gasteiger partial charge >= 0.3 is 0 Å². The van der Waals surface area contributed by atoms with Crippen LogP contribution in [0.2, 0.25) is 0 Å². The zero-order valence-electron chi connectivity index (χ0n) is 26.3. The van der Waals surface area contributed by atoms with Gasteiger partial charge in [0.15, 0.2) is 0 Å². The Balaban J connectivity index is 0.00000175. The molecule has 1 aromatic heterocycles. The van der Waals surface area contributed by atoms with E-state index in [4.69, 9.17) is 0 Å². The largest absolute Gasteiger partial charge is 0.341 e. The Morgan fingerprint density at radius 3 is 1.13 bits per heavy atom. The van der Waals surface area contributed by atoms with E-state index in [1.54, 1.807) is 0 Å². The molecule has 7 aromatic rings. The molecule has 222 valence electrons. The van der Waals surface area contributed by atoms with E-state index in [9.17, 15) is 0 Å². The molecule has 0 aliphatic carbocycles. The van der Waals surface area contributed by atoms with Crippen LogP contribution in [0.1, 0.15) is 18.1 Å². The average Bonchev–Trinajstić information content (AvgIpc) is 3.41. The summed E-state index contributed by atoms with van der Waals surface area (Å²) in [5.41, 5.74) is 11.8. The summed E-state index contributed by atoms with van der Waals surface area (Å²) in [6.45, 7) is 13.4. The van der Waals surface area contributed by atoms with Gasteiger partial charge in [0, 0.05) is 62.5 Å². The molecule has 1 heterocycles. The van der Waals surface area contributed by atoms with Crippen LogP contribution in [0.3, 0.4) is 0 Å². The minimum Gasteiger partial charge on any atom is -0.341 e. The lowest BCUT2D eigenvalue weighted by atomic mass is 10.1. The maximum atomic E-state index is 3.00. The number of nitrogens with zero attached hydrogens (tertiary/aromatic N) is 3. The summed E-state index contributed by atoms with van der Waals surface area (Å²) in [4.78, 5) is 4.70. The highest BCUT2D eigenvalue weighted by molar-refractivity contribution is 6.11. The van der Waals surface area contributed by atoms with Gasteiger partial charge in [0.1, 0.15) is 0 Å². The highest BCUT2D eigenvalue weighted by atomic mass is 15.1. The third-order valence-corrected chi connectivity index (χ3v) is 8.28. The van der Waals surface area contributed by atoms with Gasteiger partial charge in [-0.05, 0) is 106 Å². The van der Waals surface area contributed by atoms with Gasteiger partial charge in [-0.15, -0.1) is 13.2 Å². The predicted octanol–water partition coefficient (Wildman–Crippen LogP) is 12.2. The van der Waals surface area contributed by atoms with Gasteiger partial charge < -0.3 is 14.4 Å². The van der Waals surface area contributed by atoms with Crippen molar-refractivity contribution in [3.8, 4) is 0 Å². The minimum absolute atomic E-state index is 0.902. The Hall–Kier alpha value is -5.54. The number of fused-ring (bicyclic) bond motifs is 3. The summed E-state index contributed by atoms with van der Waals surface area (Å²) in [6, 6.07) is 52.6. The number of para-hydroxylation sites is 2. The molecule has 0 unspecified atom stereocenters. The van der Waals surface area contributed by atoms with Gasteiger partial charge in [0.25, 0.3) is 0 Å². The first-order chi connectivity index (χ1) is 22.1. The molecule has 3 heteroatoms. The molecule has 0 spiro atoms. The summed E-state index contributed by atoms with van der Waals surface area (Å²) in [7, 11) is 0. The molecule has 0 atom stereocenters. The molecule has 6 aromatic carbocycles. The van der Waals surface area contributed by atoms with Crippen LogP contribution in [-0.4, -0.2) is 4.57 Å². The highest BCUT2D eigenvalue weighted by Gasteiger charge is 2.18. The van der Waals surface area contributed by atoms with E-state index in [2.05, 4.69) is 194 Å². The molecule has 0 aliphatic rings. The summed E-state index contributed by atoms with van der Waals surface area (Å²) >= 11 is 0. The van der Waals surface area contributed by atoms with E-state index in [0.29, 0.717) is 0 Å². The Morgan fingerprint density at radius 2 is 0.778 bits per heavy atom. The first kappa shape index (κ1) is 29.5. The molecule has 0 fully saturated rings. The number of aryl methyl sites for hydroxylation is 3. The number of hydrogen-bond donors (Lipinski definition) is 0. The maximum Gasteiger partial charge on any atom is 0.0492 e. The van der Waals surface area contributed by atoms with E-state index in [1.165, 1.54) is 32.9 Å². The van der Waals surface area contributed by atoms with Crippen molar-refractivity contribution in [2.24, 2.45) is 0 Å². The van der Waals surface area contributed by atoms with Crippen LogP contribution in [0.5, 0.6) is 0 Å². The van der Waals surface area contributed by atoms with Gasteiger partial charge in [-0.25, -0.2) is 0 Å². The standard InChI is InChI=1S/C40H35N3.C2H4/c1-4-41-39-25-23-35(42(31-11-7-5-8-12-31)33-19-15-29(2)16-20-33)27-37(39)38-28-36(24-26-40(38)41)43(32-13-9-6-10-14-32)34-21-17-30(3)18-22-34;1-2/h5-28H,4H2,1-3H3;1-2H2. The van der Waals surface area contributed by atoms with Crippen molar-refractivity contribution < 1.29 is 0 Å². The van der Waals surface area contributed by atoms with Crippen molar-refractivity contribution in [3.63, 3.8) is 0 Å². The summed E-state index contributed by atoms with van der Waals surface area (Å²) in [5.74, 6) is 0. The van der Waals surface area contributed by atoms with Crippen molar-refractivity contribution in [1.29, 1.82) is 0 Å². The van der Waals surface area contributed by atoms with Gasteiger partial charge in [0.05, 0.1) is 0 Å². The van der Waals surface area contributed by atoms with Gasteiger partial charge in [-0.3, -0.25) is 0 Å². The van der Waals surface area contributed by atoms with E-state index in [-0.39, 0.29) is 0 Å². The molecule has 0 bridgehead atoms. The smallest absolute Gasteiger partial charge is 0.0492 e. The fraction of sp³-hybridized carbons (Fsp3) is 0.0952. The SMILES string of the molecule is C=C.CCn1c2ccc(N(c3ccccc3)c3ccc(C)cc3)cc2c2cc(N(c3ccccc3)c3ccc(C)cc3)ccc21. The molecular weight excluding hydrogens is 546 g/mol. The lowest BCUT2D eigenvalue weighted by Crippen LogP contribution is -2.10. The van der Waals surface area contributed by atoms with Crippen LogP contribution in [-0.2, 0) is 6.54 Å². The van der Waals surface area contributed by atoms with E-state index < -0.39 is 0 Å². The van der Waals surface area contributed by atoms with Crippen molar-refractivity contribution in [1.82, 2.24) is 4.57 Å². The van der Waals surface area contributed by atoms with E-state index in [0.717, 1.165) is 40.7 Å². The molecule has 0 saturated carbocycles. The van der Waals surface area contributed by atoms with Crippen LogP contribution >= 0.6 is 0 Å². The maximum absolute atomic E-state index is 3.00. The van der Waals surface area contributed by atoms with Crippen LogP contribution in [0.4, 0.5) is 34.1 Å². The molecule has 7 rings (SSSR count). The number of benzene rings is 6. The second-order valence-electron chi connectivity index (χ2n) is 11.2. The monoisotopic (exact) mass is 585 g/mol. The second-order valence-corrected chi connectivity index (χ2v) is 11.2. The van der Waals surface area contributed by atoms with E-state index >= 15 is 0 Å². The number of anilines is 6. The zero-order valence-corrected chi connectivity index (χ0v) is 26.3. The van der Waals surface area contributed by atoms with Gasteiger partial charge in [-0.1, -0.05) is 71.8 Å². The second kappa shape index (κ2) is 13.0. The molecular formula is C42H39N3. The van der Waals surface area contributed by atoms with Crippen LogP contribution < -0.4 is 9.80 Å². The average molecular weight is 586 g/mol. The first-order valence-corrected chi connectivity index (χ1v) is 15.5. The molecule has 3 nitrogen and oxygen atoms in total. The Kier molecular flexibility index (Phi) is 8.52. The highest BCUT2D eigenvalue weighted by Crippen LogP contribution is 2.41. The summed E-state index contributed by atoms with van der Waals surface area (Å²) in [6.07, 6.45) is 0. The Morgan fingerprint density at radius 1 is 0.444 bits per heavy atom. The van der Waals surface area contributed by atoms with Gasteiger partial charge in [0.2, 0.25) is 0 Å². The van der Waals surface area contributed by atoms with Crippen LogP contribution in [0, 0.1) is 13.8 Å².